The molecule has 2 aromatic heterocycles. The van der Waals surface area contributed by atoms with Gasteiger partial charge in [-0.15, -0.1) is 11.3 Å². The van der Waals surface area contributed by atoms with E-state index in [1.165, 1.54) is 4.88 Å². The maximum atomic E-state index is 10.6. The van der Waals surface area contributed by atoms with Crippen LogP contribution in [0.5, 0.6) is 0 Å². The van der Waals surface area contributed by atoms with Crippen molar-refractivity contribution in [2.24, 2.45) is 5.10 Å². The average Bonchev–Trinajstić information content (AvgIpc) is 3.23. The minimum absolute atomic E-state index is 0.208. The number of hydrogen-bond acceptors (Lipinski definition) is 8. The molecule has 1 fully saturated rings. The highest BCUT2D eigenvalue weighted by atomic mass is 32.1. The first kappa shape index (κ1) is 20.7. The van der Waals surface area contributed by atoms with Crippen LogP contribution < -0.4 is 15.8 Å². The van der Waals surface area contributed by atoms with Gasteiger partial charge in [-0.2, -0.15) is 5.10 Å². The number of aromatic nitrogens is 1. The number of thiophene rings is 1. The summed E-state index contributed by atoms with van der Waals surface area (Å²) in [6.45, 7) is 10.4. The van der Waals surface area contributed by atoms with Crippen LogP contribution in [0.1, 0.15) is 38.1 Å². The molecule has 3 N–H and O–H groups in total. The molecule has 3 rings (SSSR count). The normalized spacial score (nSPS) is 19.7. The van der Waals surface area contributed by atoms with Gasteiger partial charge in [-0.25, -0.2) is 10.0 Å². The fourth-order valence-electron chi connectivity index (χ4n) is 3.09. The lowest BCUT2D eigenvalue weighted by Gasteiger charge is -2.30. The molecule has 0 spiro atoms. The zero-order valence-electron chi connectivity index (χ0n) is 17.1. The summed E-state index contributed by atoms with van der Waals surface area (Å²) >= 11 is 1.74. The fourth-order valence-corrected chi connectivity index (χ4v) is 4.02. The Labute approximate surface area is 170 Å². The van der Waals surface area contributed by atoms with Crippen molar-refractivity contribution in [2.75, 3.05) is 17.0 Å². The molecule has 1 aliphatic rings. The predicted octanol–water partition coefficient (Wildman–Crippen LogP) is 3.31. The monoisotopic (exact) mass is 403 g/mol. The first-order valence-electron chi connectivity index (χ1n) is 9.39. The van der Waals surface area contributed by atoms with E-state index in [9.17, 15) is 5.11 Å². The Morgan fingerprint density at radius 1 is 1.46 bits per heavy atom. The van der Waals surface area contributed by atoms with Crippen LogP contribution in [0.2, 0.25) is 0 Å². The molecule has 0 bridgehead atoms. The van der Waals surface area contributed by atoms with Crippen LogP contribution in [0.25, 0.3) is 0 Å². The van der Waals surface area contributed by atoms with E-state index in [4.69, 9.17) is 4.84 Å². The number of rotatable bonds is 7. The molecule has 8 heteroatoms. The minimum atomic E-state index is -0.637. The summed E-state index contributed by atoms with van der Waals surface area (Å²) in [7, 11) is 0. The van der Waals surface area contributed by atoms with E-state index < -0.39 is 12.3 Å². The van der Waals surface area contributed by atoms with Gasteiger partial charge in [0.05, 0.1) is 12.2 Å². The number of aryl methyl sites for hydroxylation is 1. The number of aliphatic hydroxyl groups is 1. The third-order valence-electron chi connectivity index (χ3n) is 4.41. The fraction of sp³-hybridized carbons (Fsp3) is 0.500. The zero-order valence-corrected chi connectivity index (χ0v) is 17.9. The molecule has 0 radical (unpaired) electrons. The van der Waals surface area contributed by atoms with Gasteiger partial charge in [-0.05, 0) is 58.0 Å². The summed E-state index contributed by atoms with van der Waals surface area (Å²) in [4.78, 5) is 11.7. The molecule has 0 aliphatic carbocycles. The molecule has 2 unspecified atom stereocenters. The molecule has 2 atom stereocenters. The van der Waals surface area contributed by atoms with Crippen molar-refractivity contribution in [3.8, 4) is 0 Å². The first-order chi connectivity index (χ1) is 13.2. The van der Waals surface area contributed by atoms with Crippen molar-refractivity contribution in [3.05, 3.63) is 40.2 Å². The third kappa shape index (κ3) is 5.29. The van der Waals surface area contributed by atoms with E-state index >= 15 is 0 Å². The lowest BCUT2D eigenvalue weighted by atomic mass is 9.99. The maximum absolute atomic E-state index is 10.6. The second kappa shape index (κ2) is 8.57. The Hall–Kier alpha value is -2.00. The lowest BCUT2D eigenvalue weighted by molar-refractivity contribution is -0.00850. The number of hydrazone groups is 1. The second-order valence-electron chi connectivity index (χ2n) is 7.97. The number of β-amino-alcohol motifs (C(OH)–C–C–N with tert-alkyl or cyclic N) is 1. The predicted molar refractivity (Wildman–Crippen MR) is 115 cm³/mol. The highest BCUT2D eigenvalue weighted by Gasteiger charge is 2.37. The minimum Gasteiger partial charge on any atom is -0.387 e. The molecule has 1 saturated heterocycles. The summed E-state index contributed by atoms with van der Waals surface area (Å²) in [6.07, 6.45) is 1.53. The van der Waals surface area contributed by atoms with Crippen molar-refractivity contribution in [1.82, 2.24) is 10.3 Å². The van der Waals surface area contributed by atoms with Crippen molar-refractivity contribution in [2.45, 2.75) is 58.9 Å². The summed E-state index contributed by atoms with van der Waals surface area (Å²) in [5, 5.41) is 22.0. The smallest absolute Gasteiger partial charge is 0.164 e. The molecule has 152 valence electrons. The van der Waals surface area contributed by atoms with E-state index in [0.717, 1.165) is 23.4 Å². The number of anilines is 2. The Bertz CT molecular complexity index is 818. The van der Waals surface area contributed by atoms with Crippen molar-refractivity contribution < 1.29 is 9.94 Å². The second-order valence-corrected chi connectivity index (χ2v) is 9.00. The van der Waals surface area contributed by atoms with Crippen molar-refractivity contribution >= 4 is 28.6 Å². The van der Waals surface area contributed by atoms with Gasteiger partial charge in [0.25, 0.3) is 0 Å². The highest BCUT2D eigenvalue weighted by Crippen LogP contribution is 2.28. The van der Waals surface area contributed by atoms with Crippen molar-refractivity contribution in [3.63, 3.8) is 0 Å². The first-order valence-corrected chi connectivity index (χ1v) is 10.3. The lowest BCUT2D eigenvalue weighted by Crippen LogP contribution is -2.51. The SMILES string of the molecule is CC(C)=NNc1cc(N2CC(O)C(NC(C)(C)Cc3cccs3)O2)c(C)cn1. The number of pyridine rings is 1. The molecule has 0 aromatic carbocycles. The summed E-state index contributed by atoms with van der Waals surface area (Å²) in [5.74, 6) is 0.634. The molecule has 2 aromatic rings. The number of nitrogens with one attached hydrogen (secondary N) is 2. The Kier molecular flexibility index (Phi) is 6.34. The molecule has 7 nitrogen and oxygen atoms in total. The van der Waals surface area contributed by atoms with Crippen LogP contribution in [0.3, 0.4) is 0 Å². The Balaban J connectivity index is 1.69. The van der Waals surface area contributed by atoms with E-state index in [0.29, 0.717) is 12.4 Å². The van der Waals surface area contributed by atoms with Gasteiger partial charge in [0.2, 0.25) is 0 Å². The van der Waals surface area contributed by atoms with Crippen LogP contribution in [0.4, 0.5) is 11.5 Å². The summed E-state index contributed by atoms with van der Waals surface area (Å²) in [6, 6.07) is 6.07. The summed E-state index contributed by atoms with van der Waals surface area (Å²) in [5.41, 5.74) is 5.47. The van der Waals surface area contributed by atoms with E-state index in [1.54, 1.807) is 22.6 Å². The van der Waals surface area contributed by atoms with Crippen LogP contribution in [-0.4, -0.2) is 40.2 Å². The molecule has 0 amide bonds. The van der Waals surface area contributed by atoms with Crippen molar-refractivity contribution in [1.29, 1.82) is 0 Å². The number of aliphatic hydroxyl groups excluding tert-OH is 1. The molecule has 1 aliphatic heterocycles. The van der Waals surface area contributed by atoms with Crippen LogP contribution in [-0.2, 0) is 11.3 Å². The molecular formula is C20H29N5O2S. The molecule has 28 heavy (non-hydrogen) atoms. The standard InChI is InChI=1S/C20H29N5O2S/c1-13(2)23-24-18-9-16(14(3)11-21-18)25-12-17(26)19(27-25)22-20(4,5)10-15-7-6-8-28-15/h6-9,11,17,19,22,26H,10,12H2,1-5H3,(H,21,24). The number of hydroxylamine groups is 1. The average molecular weight is 404 g/mol. The van der Waals surface area contributed by atoms with Crippen LogP contribution in [0.15, 0.2) is 34.9 Å². The van der Waals surface area contributed by atoms with E-state index in [2.05, 4.69) is 52.2 Å². The van der Waals surface area contributed by atoms with Gasteiger partial charge in [0, 0.05) is 28.4 Å². The van der Waals surface area contributed by atoms with Gasteiger partial charge < -0.3 is 5.11 Å². The Morgan fingerprint density at radius 3 is 2.93 bits per heavy atom. The van der Waals surface area contributed by atoms with Crippen LogP contribution in [0, 0.1) is 6.92 Å². The van der Waals surface area contributed by atoms with E-state index in [-0.39, 0.29) is 5.54 Å². The van der Waals surface area contributed by atoms with Crippen LogP contribution >= 0.6 is 11.3 Å². The zero-order chi connectivity index (χ0) is 20.3. The molecule has 0 saturated carbocycles. The summed E-state index contributed by atoms with van der Waals surface area (Å²) < 4.78 is 0. The van der Waals surface area contributed by atoms with E-state index in [1.807, 2.05) is 26.8 Å². The third-order valence-corrected chi connectivity index (χ3v) is 5.29. The quantitative estimate of drug-likeness (QED) is 0.486. The maximum Gasteiger partial charge on any atom is 0.164 e. The molecule has 3 heterocycles. The van der Waals surface area contributed by atoms with Gasteiger partial charge in [-0.3, -0.25) is 15.6 Å². The van der Waals surface area contributed by atoms with Gasteiger partial charge >= 0.3 is 0 Å². The number of nitrogens with zero attached hydrogens (tertiary/aromatic N) is 3. The topological polar surface area (TPSA) is 82.0 Å². The number of hydrogen-bond donors (Lipinski definition) is 3. The van der Waals surface area contributed by atoms with Gasteiger partial charge in [0.1, 0.15) is 11.9 Å². The Morgan fingerprint density at radius 2 is 2.25 bits per heavy atom. The van der Waals surface area contributed by atoms with Gasteiger partial charge in [-0.1, -0.05) is 6.07 Å². The molecular weight excluding hydrogens is 374 g/mol. The van der Waals surface area contributed by atoms with Gasteiger partial charge in [0.15, 0.2) is 6.23 Å². The largest absolute Gasteiger partial charge is 0.387 e. The highest BCUT2D eigenvalue weighted by molar-refractivity contribution is 7.09.